The van der Waals surface area contributed by atoms with Gasteiger partial charge >= 0.3 is 0 Å². The number of fused-ring (bicyclic) bond motifs is 3. The second-order valence-electron chi connectivity index (χ2n) is 5.72. The molecular formula is C18H16FN3O. The summed E-state index contributed by atoms with van der Waals surface area (Å²) in [5.74, 6) is 0.629. The first-order valence-corrected chi connectivity index (χ1v) is 7.71. The third-order valence-corrected chi connectivity index (χ3v) is 4.31. The van der Waals surface area contributed by atoms with E-state index in [-0.39, 0.29) is 11.7 Å². The standard InChI is InChI=1S/C18H16FN3O/c19-14-7-5-13(6-8-14)18(23)21-10-9-17-20-15-3-1-2-4-16(15)22(17)12-11-21/h1-8H,9-12H2. The summed E-state index contributed by atoms with van der Waals surface area (Å²) < 4.78 is 15.2. The fourth-order valence-electron chi connectivity index (χ4n) is 3.11. The van der Waals surface area contributed by atoms with Crippen LogP contribution in [0.15, 0.2) is 48.5 Å². The van der Waals surface area contributed by atoms with Crippen molar-refractivity contribution in [1.82, 2.24) is 14.5 Å². The molecule has 0 unspecified atom stereocenters. The van der Waals surface area contributed by atoms with Crippen LogP contribution >= 0.6 is 0 Å². The van der Waals surface area contributed by atoms with Gasteiger partial charge in [-0.2, -0.15) is 0 Å². The summed E-state index contributed by atoms with van der Waals surface area (Å²) in [4.78, 5) is 19.1. The number of imidazole rings is 1. The molecule has 23 heavy (non-hydrogen) atoms. The van der Waals surface area contributed by atoms with Crippen molar-refractivity contribution in [3.63, 3.8) is 0 Å². The third kappa shape index (κ3) is 2.48. The van der Waals surface area contributed by atoms with Crippen LogP contribution in [0.5, 0.6) is 0 Å². The lowest BCUT2D eigenvalue weighted by Crippen LogP contribution is -2.33. The molecule has 0 N–H and O–H groups in total. The molecule has 0 saturated carbocycles. The number of halogens is 1. The molecule has 4 rings (SSSR count). The van der Waals surface area contributed by atoms with Crippen molar-refractivity contribution in [2.75, 3.05) is 13.1 Å². The molecule has 0 saturated heterocycles. The number of rotatable bonds is 1. The van der Waals surface area contributed by atoms with Crippen LogP contribution < -0.4 is 0 Å². The molecule has 116 valence electrons. The maximum Gasteiger partial charge on any atom is 0.253 e. The van der Waals surface area contributed by atoms with E-state index in [1.807, 2.05) is 23.1 Å². The molecule has 3 aromatic rings. The molecule has 4 nitrogen and oxygen atoms in total. The minimum atomic E-state index is -0.330. The van der Waals surface area contributed by atoms with E-state index in [0.717, 1.165) is 29.8 Å². The van der Waals surface area contributed by atoms with E-state index < -0.39 is 0 Å². The highest BCUT2D eigenvalue weighted by Crippen LogP contribution is 2.19. The van der Waals surface area contributed by atoms with Gasteiger partial charge in [0.1, 0.15) is 11.6 Å². The van der Waals surface area contributed by atoms with Gasteiger partial charge in [0.25, 0.3) is 5.91 Å². The Labute approximate surface area is 133 Å². The Bertz CT molecular complexity index is 870. The molecule has 1 aliphatic rings. The number of hydrogen-bond acceptors (Lipinski definition) is 2. The highest BCUT2D eigenvalue weighted by molar-refractivity contribution is 5.94. The second-order valence-corrected chi connectivity index (χ2v) is 5.72. The quantitative estimate of drug-likeness (QED) is 0.693. The highest BCUT2D eigenvalue weighted by Gasteiger charge is 2.21. The smallest absolute Gasteiger partial charge is 0.253 e. The predicted octanol–water partition coefficient (Wildman–Crippen LogP) is 2.87. The highest BCUT2D eigenvalue weighted by atomic mass is 19.1. The van der Waals surface area contributed by atoms with Gasteiger partial charge in [0, 0.05) is 31.6 Å². The van der Waals surface area contributed by atoms with Crippen molar-refractivity contribution in [3.8, 4) is 0 Å². The summed E-state index contributed by atoms with van der Waals surface area (Å²) in [5, 5.41) is 0. The Morgan fingerprint density at radius 3 is 2.61 bits per heavy atom. The molecule has 0 atom stereocenters. The number of carbonyl (C=O) groups is 1. The lowest BCUT2D eigenvalue weighted by Gasteiger charge is -2.20. The normalized spacial score (nSPS) is 14.6. The monoisotopic (exact) mass is 309 g/mol. The SMILES string of the molecule is O=C(c1ccc(F)cc1)N1CCc2nc3ccccc3n2CC1. The first-order chi connectivity index (χ1) is 11.2. The van der Waals surface area contributed by atoms with Crippen molar-refractivity contribution in [3.05, 3.63) is 65.7 Å². The van der Waals surface area contributed by atoms with Crippen molar-refractivity contribution >= 4 is 16.9 Å². The second kappa shape index (κ2) is 5.50. The molecule has 0 spiro atoms. The van der Waals surface area contributed by atoms with Gasteiger partial charge in [-0.3, -0.25) is 4.79 Å². The summed E-state index contributed by atoms with van der Waals surface area (Å²) >= 11 is 0. The van der Waals surface area contributed by atoms with Gasteiger partial charge in [0.2, 0.25) is 0 Å². The topological polar surface area (TPSA) is 38.1 Å². The molecule has 2 heterocycles. The van der Waals surface area contributed by atoms with Crippen LogP contribution in [0.3, 0.4) is 0 Å². The Kier molecular flexibility index (Phi) is 3.33. The molecule has 0 bridgehead atoms. The van der Waals surface area contributed by atoms with Gasteiger partial charge < -0.3 is 9.47 Å². The lowest BCUT2D eigenvalue weighted by molar-refractivity contribution is 0.0759. The van der Waals surface area contributed by atoms with Crippen molar-refractivity contribution in [2.24, 2.45) is 0 Å². The van der Waals surface area contributed by atoms with E-state index in [1.54, 1.807) is 0 Å². The number of amides is 1. The zero-order chi connectivity index (χ0) is 15.8. The number of para-hydroxylation sites is 2. The maximum atomic E-state index is 13.0. The number of carbonyl (C=O) groups excluding carboxylic acids is 1. The first kappa shape index (κ1) is 13.9. The van der Waals surface area contributed by atoms with Crippen LogP contribution in [0.25, 0.3) is 11.0 Å². The summed E-state index contributed by atoms with van der Waals surface area (Å²) in [6, 6.07) is 13.8. The third-order valence-electron chi connectivity index (χ3n) is 4.31. The number of hydrogen-bond donors (Lipinski definition) is 0. The average molecular weight is 309 g/mol. The van der Waals surface area contributed by atoms with Gasteiger partial charge in [-0.05, 0) is 36.4 Å². The number of benzene rings is 2. The molecule has 1 aliphatic heterocycles. The van der Waals surface area contributed by atoms with Crippen LogP contribution in [-0.2, 0) is 13.0 Å². The molecule has 1 amide bonds. The largest absolute Gasteiger partial charge is 0.336 e. The average Bonchev–Trinajstić information content (AvgIpc) is 2.79. The summed E-state index contributed by atoms with van der Waals surface area (Å²) in [6.07, 6.45) is 0.724. The molecule has 0 fully saturated rings. The van der Waals surface area contributed by atoms with Crippen LogP contribution in [-0.4, -0.2) is 33.4 Å². The summed E-state index contributed by atoms with van der Waals surface area (Å²) in [6.45, 7) is 1.98. The summed E-state index contributed by atoms with van der Waals surface area (Å²) in [5.41, 5.74) is 2.63. The minimum Gasteiger partial charge on any atom is -0.336 e. The molecule has 1 aromatic heterocycles. The fraction of sp³-hybridized carbons (Fsp3) is 0.222. The first-order valence-electron chi connectivity index (χ1n) is 7.71. The molecule has 5 heteroatoms. The minimum absolute atomic E-state index is 0.0555. The molecule has 0 radical (unpaired) electrons. The van der Waals surface area contributed by atoms with Crippen molar-refractivity contribution < 1.29 is 9.18 Å². The lowest BCUT2D eigenvalue weighted by atomic mass is 10.2. The van der Waals surface area contributed by atoms with Gasteiger partial charge in [-0.25, -0.2) is 9.37 Å². The predicted molar refractivity (Wildman–Crippen MR) is 85.7 cm³/mol. The van der Waals surface area contributed by atoms with Gasteiger partial charge in [-0.1, -0.05) is 12.1 Å². The van der Waals surface area contributed by atoms with E-state index in [4.69, 9.17) is 0 Å². The van der Waals surface area contributed by atoms with E-state index >= 15 is 0 Å². The Balaban J connectivity index is 1.58. The Hall–Kier alpha value is -2.69. The van der Waals surface area contributed by atoms with Gasteiger partial charge in [-0.15, -0.1) is 0 Å². The van der Waals surface area contributed by atoms with Crippen molar-refractivity contribution in [2.45, 2.75) is 13.0 Å². The van der Waals surface area contributed by atoms with Crippen LogP contribution in [0, 0.1) is 5.82 Å². The fourth-order valence-corrected chi connectivity index (χ4v) is 3.11. The molecule has 2 aromatic carbocycles. The van der Waals surface area contributed by atoms with E-state index in [9.17, 15) is 9.18 Å². The van der Waals surface area contributed by atoms with E-state index in [0.29, 0.717) is 18.7 Å². The van der Waals surface area contributed by atoms with E-state index in [2.05, 4.69) is 15.6 Å². The number of aromatic nitrogens is 2. The number of nitrogens with zero attached hydrogens (tertiary/aromatic N) is 3. The molecule has 0 aliphatic carbocycles. The Morgan fingerprint density at radius 1 is 1.00 bits per heavy atom. The zero-order valence-electron chi connectivity index (χ0n) is 12.6. The molecular weight excluding hydrogens is 293 g/mol. The zero-order valence-corrected chi connectivity index (χ0v) is 12.6. The van der Waals surface area contributed by atoms with Crippen LogP contribution in [0.4, 0.5) is 4.39 Å². The van der Waals surface area contributed by atoms with Gasteiger partial charge in [0.05, 0.1) is 11.0 Å². The summed E-state index contributed by atoms with van der Waals surface area (Å²) in [7, 11) is 0. The van der Waals surface area contributed by atoms with Crippen LogP contribution in [0.1, 0.15) is 16.2 Å². The Morgan fingerprint density at radius 2 is 1.78 bits per heavy atom. The van der Waals surface area contributed by atoms with Crippen LogP contribution in [0.2, 0.25) is 0 Å². The van der Waals surface area contributed by atoms with Gasteiger partial charge in [0.15, 0.2) is 0 Å². The van der Waals surface area contributed by atoms with E-state index in [1.165, 1.54) is 24.3 Å². The maximum absolute atomic E-state index is 13.0. The van der Waals surface area contributed by atoms with Crippen molar-refractivity contribution in [1.29, 1.82) is 0 Å².